The number of rotatable bonds is 3. The summed E-state index contributed by atoms with van der Waals surface area (Å²) in [5, 5.41) is 4.67. The van der Waals surface area contributed by atoms with Crippen molar-refractivity contribution in [2.75, 3.05) is 0 Å². The molecule has 2 heterocycles. The van der Waals surface area contributed by atoms with Gasteiger partial charge in [0, 0.05) is 21.5 Å². The van der Waals surface area contributed by atoms with E-state index in [-0.39, 0.29) is 45.7 Å². The SMILES string of the molecule is [2H]c1c([2H])c([2H])c2c(-c3ccc(-c4ccc5c(c4)oc4c5ccc5c6ccccc6oc54)cc3)c3c([2H])c([2H])c([2H])c([2H])c3c(-c3ccccc3)c2c1[2H]. The minimum absolute atomic E-state index is 0.186. The van der Waals surface area contributed by atoms with E-state index in [0.29, 0.717) is 39.0 Å². The fraction of sp³-hybridized carbons (Fsp3) is 0. The van der Waals surface area contributed by atoms with E-state index in [4.69, 9.17) is 19.8 Å². The molecule has 8 aromatic carbocycles. The van der Waals surface area contributed by atoms with Crippen LogP contribution in [0.3, 0.4) is 0 Å². The molecular formula is C44H26O2. The minimum atomic E-state index is -0.427. The summed E-state index contributed by atoms with van der Waals surface area (Å²) in [6.45, 7) is 0. The van der Waals surface area contributed by atoms with Crippen LogP contribution in [0.5, 0.6) is 0 Å². The summed E-state index contributed by atoms with van der Waals surface area (Å²) in [4.78, 5) is 0. The predicted octanol–water partition coefficient (Wildman–Crippen LogP) is 12.8. The number of benzene rings is 8. The Morgan fingerprint density at radius 3 is 1.43 bits per heavy atom. The van der Waals surface area contributed by atoms with Gasteiger partial charge in [0.2, 0.25) is 0 Å². The van der Waals surface area contributed by atoms with E-state index in [1.165, 1.54) is 0 Å². The summed E-state index contributed by atoms with van der Waals surface area (Å²) in [5.41, 5.74) is 6.37. The van der Waals surface area contributed by atoms with Crippen molar-refractivity contribution < 1.29 is 19.8 Å². The van der Waals surface area contributed by atoms with Crippen molar-refractivity contribution in [3.8, 4) is 33.4 Å². The quantitative estimate of drug-likeness (QED) is 0.190. The zero-order valence-electron chi connectivity index (χ0n) is 32.2. The van der Waals surface area contributed by atoms with Crippen molar-refractivity contribution in [1.29, 1.82) is 0 Å². The summed E-state index contributed by atoms with van der Waals surface area (Å²) < 4.78 is 83.7. The van der Waals surface area contributed by atoms with Crippen molar-refractivity contribution in [2.24, 2.45) is 0 Å². The molecule has 0 aliphatic rings. The average Bonchev–Trinajstić information content (AvgIpc) is 3.78. The number of hydrogen-bond donors (Lipinski definition) is 0. The first-order valence-corrected chi connectivity index (χ1v) is 15.0. The van der Waals surface area contributed by atoms with Gasteiger partial charge in [0.05, 0.1) is 11.0 Å². The second-order valence-corrected chi connectivity index (χ2v) is 11.4. The first-order valence-electron chi connectivity index (χ1n) is 19.0. The summed E-state index contributed by atoms with van der Waals surface area (Å²) >= 11 is 0. The van der Waals surface area contributed by atoms with Crippen LogP contribution >= 0.6 is 0 Å². The third kappa shape index (κ3) is 3.65. The van der Waals surface area contributed by atoms with Crippen LogP contribution in [-0.2, 0) is 0 Å². The standard InChI is InChI=1S/C44H26O2/c1-2-10-28(11-3-1)41-33-13-4-6-15-35(33)42(36-16-7-5-14-34(36)41)29-20-18-27(19-21-29)30-22-23-32-38-25-24-37-31-12-8-9-17-39(31)45-43(37)44(38)46-40(32)26-30/h1-26H/i4D,5D,6D,7D,13D,14D,15D,16D. The smallest absolute Gasteiger partial charge is 0.178 e. The molecule has 0 unspecified atom stereocenters. The fourth-order valence-corrected chi connectivity index (χ4v) is 6.83. The van der Waals surface area contributed by atoms with Gasteiger partial charge < -0.3 is 8.83 Å². The van der Waals surface area contributed by atoms with Crippen molar-refractivity contribution >= 4 is 65.4 Å². The molecule has 0 radical (unpaired) electrons. The maximum atomic E-state index is 9.15. The van der Waals surface area contributed by atoms with Crippen molar-refractivity contribution in [2.45, 2.75) is 0 Å². The van der Waals surface area contributed by atoms with Crippen LogP contribution < -0.4 is 0 Å². The Morgan fingerprint density at radius 1 is 0.348 bits per heavy atom. The van der Waals surface area contributed by atoms with Gasteiger partial charge in [0.1, 0.15) is 11.2 Å². The van der Waals surface area contributed by atoms with E-state index < -0.39 is 24.2 Å². The van der Waals surface area contributed by atoms with Gasteiger partial charge >= 0.3 is 0 Å². The van der Waals surface area contributed by atoms with E-state index in [1.807, 2.05) is 72.8 Å². The molecule has 0 bridgehead atoms. The maximum Gasteiger partial charge on any atom is 0.178 e. The lowest BCUT2D eigenvalue weighted by Crippen LogP contribution is -1.90. The van der Waals surface area contributed by atoms with Gasteiger partial charge in [-0.05, 0) is 85.3 Å². The highest BCUT2D eigenvalue weighted by molar-refractivity contribution is 6.22. The van der Waals surface area contributed by atoms with Crippen LogP contribution in [0.1, 0.15) is 11.0 Å². The molecule has 0 amide bonds. The van der Waals surface area contributed by atoms with Gasteiger partial charge in [0.15, 0.2) is 11.2 Å². The molecule has 10 aromatic rings. The number of fused-ring (bicyclic) bond motifs is 9. The van der Waals surface area contributed by atoms with Gasteiger partial charge in [-0.1, -0.05) is 127 Å². The minimum Gasteiger partial charge on any atom is -0.452 e. The highest BCUT2D eigenvalue weighted by Crippen LogP contribution is 2.44. The fourth-order valence-electron chi connectivity index (χ4n) is 6.83. The van der Waals surface area contributed by atoms with Gasteiger partial charge in [-0.15, -0.1) is 0 Å². The Kier molecular flexibility index (Phi) is 3.92. The van der Waals surface area contributed by atoms with Crippen molar-refractivity contribution in [1.82, 2.24) is 0 Å². The highest BCUT2D eigenvalue weighted by Gasteiger charge is 2.18. The van der Waals surface area contributed by atoms with E-state index in [1.54, 1.807) is 24.3 Å². The molecule has 46 heavy (non-hydrogen) atoms. The van der Waals surface area contributed by atoms with E-state index >= 15 is 0 Å². The predicted molar refractivity (Wildman–Crippen MR) is 192 cm³/mol. The number of para-hydroxylation sites is 1. The molecule has 10 rings (SSSR count). The average molecular weight is 595 g/mol. The molecule has 2 nitrogen and oxygen atoms in total. The molecule has 0 saturated carbocycles. The van der Waals surface area contributed by atoms with Crippen LogP contribution in [0.15, 0.2) is 166 Å². The lowest BCUT2D eigenvalue weighted by molar-refractivity contribution is 0.633. The van der Waals surface area contributed by atoms with E-state index in [9.17, 15) is 0 Å². The lowest BCUT2D eigenvalue weighted by atomic mass is 9.86. The Labute approximate surface area is 276 Å². The molecular weight excluding hydrogens is 560 g/mol. The van der Waals surface area contributed by atoms with Crippen LogP contribution in [0, 0.1) is 0 Å². The molecule has 0 fully saturated rings. The molecule has 0 atom stereocenters. The van der Waals surface area contributed by atoms with E-state index in [0.717, 1.165) is 38.3 Å². The molecule has 0 aliphatic carbocycles. The number of hydrogen-bond acceptors (Lipinski definition) is 2. The number of furan rings is 2. The lowest BCUT2D eigenvalue weighted by Gasteiger charge is -2.18. The van der Waals surface area contributed by atoms with Crippen LogP contribution in [-0.4, -0.2) is 0 Å². The second kappa shape index (κ2) is 9.69. The van der Waals surface area contributed by atoms with Gasteiger partial charge in [-0.3, -0.25) is 0 Å². The first-order chi connectivity index (χ1) is 26.1. The summed E-state index contributed by atoms with van der Waals surface area (Å²) in [6.07, 6.45) is 0. The molecule has 0 aliphatic heterocycles. The third-order valence-corrected chi connectivity index (χ3v) is 8.93. The monoisotopic (exact) mass is 594 g/mol. The van der Waals surface area contributed by atoms with Crippen LogP contribution in [0.4, 0.5) is 0 Å². The largest absolute Gasteiger partial charge is 0.452 e. The highest BCUT2D eigenvalue weighted by atomic mass is 16.4. The molecule has 2 aromatic heterocycles. The summed E-state index contributed by atoms with van der Waals surface area (Å²) in [7, 11) is 0. The Hall–Kier alpha value is -6.12. The molecule has 214 valence electrons. The Bertz CT molecular complexity index is 3160. The summed E-state index contributed by atoms with van der Waals surface area (Å²) in [5.74, 6) is 0. The topological polar surface area (TPSA) is 26.3 Å². The van der Waals surface area contributed by atoms with E-state index in [2.05, 4.69) is 12.1 Å². The molecule has 0 spiro atoms. The Balaban J connectivity index is 1.21. The summed E-state index contributed by atoms with van der Waals surface area (Å²) in [6, 6.07) is 31.6. The van der Waals surface area contributed by atoms with Gasteiger partial charge in [-0.25, -0.2) is 0 Å². The third-order valence-electron chi connectivity index (χ3n) is 8.93. The van der Waals surface area contributed by atoms with Crippen molar-refractivity contribution in [3.63, 3.8) is 0 Å². The maximum absolute atomic E-state index is 9.15. The first kappa shape index (κ1) is 18.6. The van der Waals surface area contributed by atoms with Crippen LogP contribution in [0.25, 0.3) is 98.8 Å². The molecule has 0 N–H and O–H groups in total. The Morgan fingerprint density at radius 2 is 0.804 bits per heavy atom. The zero-order chi connectivity index (χ0) is 37.2. The molecule has 2 heteroatoms. The van der Waals surface area contributed by atoms with Crippen molar-refractivity contribution in [3.05, 3.63) is 158 Å². The normalized spacial score (nSPS) is 14.3. The van der Waals surface area contributed by atoms with Gasteiger partial charge in [-0.2, -0.15) is 0 Å². The zero-order valence-corrected chi connectivity index (χ0v) is 24.2. The van der Waals surface area contributed by atoms with Gasteiger partial charge in [0.25, 0.3) is 0 Å². The molecule has 0 saturated heterocycles. The second-order valence-electron chi connectivity index (χ2n) is 11.4. The van der Waals surface area contributed by atoms with Crippen LogP contribution in [0.2, 0.25) is 0 Å².